The van der Waals surface area contributed by atoms with Gasteiger partial charge in [-0.1, -0.05) is 36.4 Å². The number of nitrogens with zero attached hydrogens (tertiary/aromatic N) is 2. The SMILES string of the molecule is O=[N+]([O-])c1cccc(OCc2ccccc2)c1/C=C/N1CCCCC1. The van der Waals surface area contributed by atoms with Crippen molar-refractivity contribution in [3.8, 4) is 5.75 Å². The van der Waals surface area contributed by atoms with Crippen molar-refractivity contribution in [3.05, 3.63) is 76.0 Å². The summed E-state index contributed by atoms with van der Waals surface area (Å²) in [5.74, 6) is 0.534. The Morgan fingerprint density at radius 3 is 2.52 bits per heavy atom. The molecule has 1 aliphatic heterocycles. The molecule has 5 nitrogen and oxygen atoms in total. The summed E-state index contributed by atoms with van der Waals surface area (Å²) >= 11 is 0. The van der Waals surface area contributed by atoms with E-state index in [1.54, 1.807) is 12.1 Å². The molecule has 0 radical (unpaired) electrons. The van der Waals surface area contributed by atoms with E-state index in [2.05, 4.69) is 4.90 Å². The Hall–Kier alpha value is -2.82. The van der Waals surface area contributed by atoms with Crippen molar-refractivity contribution in [2.75, 3.05) is 13.1 Å². The Kier molecular flexibility index (Phi) is 5.67. The van der Waals surface area contributed by atoms with E-state index in [9.17, 15) is 10.1 Å². The number of nitro groups is 1. The van der Waals surface area contributed by atoms with Gasteiger partial charge in [0, 0.05) is 19.2 Å². The third-order valence-electron chi connectivity index (χ3n) is 4.32. The smallest absolute Gasteiger partial charge is 0.280 e. The minimum absolute atomic E-state index is 0.0684. The Balaban J connectivity index is 1.82. The zero-order valence-corrected chi connectivity index (χ0v) is 14.1. The first-order valence-corrected chi connectivity index (χ1v) is 8.60. The Bertz CT molecular complexity index is 738. The molecule has 0 spiro atoms. The van der Waals surface area contributed by atoms with Crippen LogP contribution < -0.4 is 4.74 Å². The summed E-state index contributed by atoms with van der Waals surface area (Å²) in [6.07, 6.45) is 7.35. The number of likely N-dealkylation sites (tertiary alicyclic amines) is 1. The molecule has 1 fully saturated rings. The maximum atomic E-state index is 11.4. The van der Waals surface area contributed by atoms with Crippen molar-refractivity contribution in [1.29, 1.82) is 0 Å². The van der Waals surface area contributed by atoms with E-state index in [0.717, 1.165) is 18.7 Å². The molecule has 1 aliphatic rings. The highest BCUT2D eigenvalue weighted by molar-refractivity contribution is 5.67. The van der Waals surface area contributed by atoms with Crippen molar-refractivity contribution in [2.24, 2.45) is 0 Å². The second-order valence-electron chi connectivity index (χ2n) is 6.13. The van der Waals surface area contributed by atoms with E-state index >= 15 is 0 Å². The molecule has 2 aromatic carbocycles. The monoisotopic (exact) mass is 338 g/mol. The summed E-state index contributed by atoms with van der Waals surface area (Å²) < 4.78 is 5.88. The van der Waals surface area contributed by atoms with Crippen LogP contribution in [0.1, 0.15) is 30.4 Å². The van der Waals surface area contributed by atoms with Crippen LogP contribution in [-0.4, -0.2) is 22.9 Å². The molecular weight excluding hydrogens is 316 g/mol. The summed E-state index contributed by atoms with van der Waals surface area (Å²) in [5, 5.41) is 11.4. The van der Waals surface area contributed by atoms with E-state index < -0.39 is 0 Å². The van der Waals surface area contributed by atoms with Gasteiger partial charge in [0.2, 0.25) is 0 Å². The molecule has 0 atom stereocenters. The maximum absolute atomic E-state index is 11.4. The summed E-state index contributed by atoms with van der Waals surface area (Å²) in [5.41, 5.74) is 1.62. The average molecular weight is 338 g/mol. The zero-order chi connectivity index (χ0) is 17.5. The minimum atomic E-state index is -0.356. The van der Waals surface area contributed by atoms with Crippen molar-refractivity contribution in [1.82, 2.24) is 4.90 Å². The van der Waals surface area contributed by atoms with Gasteiger partial charge < -0.3 is 9.64 Å². The van der Waals surface area contributed by atoms with Gasteiger partial charge in [-0.05, 0) is 43.2 Å². The average Bonchev–Trinajstić information content (AvgIpc) is 2.66. The summed E-state index contributed by atoms with van der Waals surface area (Å²) in [4.78, 5) is 13.3. The van der Waals surface area contributed by atoms with Crippen molar-refractivity contribution in [2.45, 2.75) is 25.9 Å². The van der Waals surface area contributed by atoms with E-state index in [4.69, 9.17) is 4.74 Å². The quantitative estimate of drug-likeness (QED) is 0.569. The molecule has 3 rings (SSSR count). The van der Waals surface area contributed by atoms with Crippen LogP contribution in [0.15, 0.2) is 54.7 Å². The first kappa shape index (κ1) is 17.0. The summed E-state index contributed by atoms with van der Waals surface area (Å²) in [7, 11) is 0. The van der Waals surface area contributed by atoms with Gasteiger partial charge in [-0.3, -0.25) is 10.1 Å². The van der Waals surface area contributed by atoms with Gasteiger partial charge in [0.15, 0.2) is 0 Å². The van der Waals surface area contributed by atoms with Crippen LogP contribution in [0.25, 0.3) is 6.08 Å². The second kappa shape index (κ2) is 8.33. The summed E-state index contributed by atoms with van der Waals surface area (Å²) in [6, 6.07) is 14.8. The van der Waals surface area contributed by atoms with Gasteiger partial charge >= 0.3 is 0 Å². The van der Waals surface area contributed by atoms with E-state index in [1.807, 2.05) is 42.6 Å². The van der Waals surface area contributed by atoms with Gasteiger partial charge in [0.25, 0.3) is 5.69 Å². The van der Waals surface area contributed by atoms with Crippen LogP contribution in [0.4, 0.5) is 5.69 Å². The highest BCUT2D eigenvalue weighted by atomic mass is 16.6. The maximum Gasteiger partial charge on any atom is 0.280 e. The number of nitro benzene ring substituents is 1. The number of ether oxygens (including phenoxy) is 1. The van der Waals surface area contributed by atoms with Gasteiger partial charge in [-0.25, -0.2) is 0 Å². The number of hydrogen-bond acceptors (Lipinski definition) is 4. The second-order valence-corrected chi connectivity index (χ2v) is 6.13. The Labute approximate surface area is 147 Å². The predicted molar refractivity (Wildman–Crippen MR) is 98.3 cm³/mol. The lowest BCUT2D eigenvalue weighted by Gasteiger charge is -2.24. The molecule has 2 aromatic rings. The van der Waals surface area contributed by atoms with Gasteiger partial charge in [0.1, 0.15) is 12.4 Å². The van der Waals surface area contributed by atoms with Crippen LogP contribution in [0.3, 0.4) is 0 Å². The Morgan fingerprint density at radius 1 is 1.04 bits per heavy atom. The molecule has 0 aromatic heterocycles. The fourth-order valence-corrected chi connectivity index (χ4v) is 2.97. The molecule has 25 heavy (non-hydrogen) atoms. The highest BCUT2D eigenvalue weighted by Gasteiger charge is 2.17. The van der Waals surface area contributed by atoms with E-state index in [-0.39, 0.29) is 10.6 Å². The van der Waals surface area contributed by atoms with Gasteiger partial charge in [0.05, 0.1) is 10.5 Å². The number of piperidine rings is 1. The van der Waals surface area contributed by atoms with Crippen LogP contribution in [0.5, 0.6) is 5.75 Å². The fourth-order valence-electron chi connectivity index (χ4n) is 2.97. The fraction of sp³-hybridized carbons (Fsp3) is 0.300. The zero-order valence-electron chi connectivity index (χ0n) is 14.1. The lowest BCUT2D eigenvalue weighted by molar-refractivity contribution is -0.385. The molecule has 1 saturated heterocycles. The number of hydrogen-bond donors (Lipinski definition) is 0. The van der Waals surface area contributed by atoms with Crippen molar-refractivity contribution < 1.29 is 9.66 Å². The molecule has 0 unspecified atom stereocenters. The van der Waals surface area contributed by atoms with Crippen molar-refractivity contribution in [3.63, 3.8) is 0 Å². The third-order valence-corrected chi connectivity index (χ3v) is 4.32. The highest BCUT2D eigenvalue weighted by Crippen LogP contribution is 2.30. The molecule has 0 amide bonds. The molecular formula is C20H22N2O3. The predicted octanol–water partition coefficient (Wildman–Crippen LogP) is 4.63. The summed E-state index contributed by atoms with van der Waals surface area (Å²) in [6.45, 7) is 2.38. The first-order valence-electron chi connectivity index (χ1n) is 8.60. The van der Waals surface area contributed by atoms with E-state index in [1.165, 1.54) is 25.3 Å². The van der Waals surface area contributed by atoms with Gasteiger partial charge in [-0.15, -0.1) is 0 Å². The lowest BCUT2D eigenvalue weighted by atomic mass is 10.1. The number of benzene rings is 2. The standard InChI is InChI=1S/C20H22N2O3/c23-22(24)19-10-7-11-20(25-16-17-8-3-1-4-9-17)18(19)12-15-21-13-5-2-6-14-21/h1,3-4,7-12,15H,2,5-6,13-14,16H2/b15-12+. The molecule has 0 bridgehead atoms. The third kappa shape index (κ3) is 4.59. The molecule has 5 heteroatoms. The van der Waals surface area contributed by atoms with Crippen LogP contribution in [-0.2, 0) is 6.61 Å². The lowest BCUT2D eigenvalue weighted by Crippen LogP contribution is -2.24. The number of rotatable bonds is 6. The largest absolute Gasteiger partial charge is 0.488 e. The molecule has 0 saturated carbocycles. The topological polar surface area (TPSA) is 55.6 Å². The van der Waals surface area contributed by atoms with Crippen LogP contribution >= 0.6 is 0 Å². The van der Waals surface area contributed by atoms with Crippen LogP contribution in [0, 0.1) is 10.1 Å². The van der Waals surface area contributed by atoms with Crippen LogP contribution in [0.2, 0.25) is 0 Å². The minimum Gasteiger partial charge on any atom is -0.488 e. The van der Waals surface area contributed by atoms with Gasteiger partial charge in [-0.2, -0.15) is 0 Å². The molecule has 1 heterocycles. The Morgan fingerprint density at radius 2 is 1.80 bits per heavy atom. The molecule has 130 valence electrons. The normalized spacial score (nSPS) is 14.6. The van der Waals surface area contributed by atoms with Crippen molar-refractivity contribution >= 4 is 11.8 Å². The molecule has 0 N–H and O–H groups in total. The van der Waals surface area contributed by atoms with E-state index in [0.29, 0.717) is 17.9 Å². The molecule has 0 aliphatic carbocycles. The first-order chi connectivity index (χ1) is 12.2.